The zero-order valence-corrected chi connectivity index (χ0v) is 13.0. The van der Waals surface area contributed by atoms with Crippen LogP contribution >= 0.6 is 11.8 Å². The van der Waals surface area contributed by atoms with E-state index in [1.165, 1.54) is 30.6 Å². The van der Waals surface area contributed by atoms with Gasteiger partial charge >= 0.3 is 0 Å². The molecule has 0 amide bonds. The fourth-order valence-electron chi connectivity index (χ4n) is 2.83. The number of benzene rings is 1. The summed E-state index contributed by atoms with van der Waals surface area (Å²) in [7, 11) is 1.76. The van der Waals surface area contributed by atoms with E-state index < -0.39 is 0 Å². The van der Waals surface area contributed by atoms with Crippen molar-refractivity contribution in [3.8, 4) is 5.75 Å². The second-order valence-electron chi connectivity index (χ2n) is 5.33. The highest BCUT2D eigenvalue weighted by Gasteiger charge is 2.32. The van der Waals surface area contributed by atoms with Gasteiger partial charge in [0, 0.05) is 17.8 Å². The van der Waals surface area contributed by atoms with E-state index >= 15 is 0 Å². The fraction of sp³-hybridized carbons (Fsp3) is 0.625. The lowest BCUT2D eigenvalue weighted by Gasteiger charge is -2.39. The number of ether oxygens (including phenoxy) is 1. The Hall–Kier alpha value is -0.670. The van der Waals surface area contributed by atoms with Gasteiger partial charge in [-0.05, 0) is 43.1 Å². The maximum Gasteiger partial charge on any atom is 0.122 e. The monoisotopic (exact) mass is 279 g/mol. The van der Waals surface area contributed by atoms with Crippen LogP contribution in [-0.2, 0) is 0 Å². The van der Waals surface area contributed by atoms with Crippen LogP contribution in [0.5, 0.6) is 5.75 Å². The third-order valence-electron chi connectivity index (χ3n) is 4.05. The molecule has 1 saturated carbocycles. The molecular formula is C16H25NOS. The molecule has 0 heterocycles. The molecule has 0 bridgehead atoms. The Morgan fingerprint density at radius 1 is 1.37 bits per heavy atom. The predicted molar refractivity (Wildman–Crippen MR) is 84.4 cm³/mol. The summed E-state index contributed by atoms with van der Waals surface area (Å²) in [5.41, 5.74) is 1.38. The molecule has 1 aliphatic rings. The van der Waals surface area contributed by atoms with Gasteiger partial charge in [0.1, 0.15) is 5.75 Å². The molecule has 0 aliphatic heterocycles. The van der Waals surface area contributed by atoms with Crippen molar-refractivity contribution in [2.45, 2.75) is 44.2 Å². The molecule has 1 aromatic carbocycles. The number of methoxy groups -OCH3 is 1. The van der Waals surface area contributed by atoms with E-state index in [2.05, 4.69) is 36.7 Å². The smallest absolute Gasteiger partial charge is 0.122 e. The summed E-state index contributed by atoms with van der Waals surface area (Å²) >= 11 is 1.93. The molecule has 0 spiro atoms. The van der Waals surface area contributed by atoms with Crippen LogP contribution in [0.25, 0.3) is 0 Å². The molecule has 3 heteroatoms. The van der Waals surface area contributed by atoms with Crippen LogP contribution in [0, 0.1) is 0 Å². The summed E-state index contributed by atoms with van der Waals surface area (Å²) in [6.07, 6.45) is 5.88. The maximum atomic E-state index is 5.45. The van der Waals surface area contributed by atoms with Crippen molar-refractivity contribution in [3.63, 3.8) is 0 Å². The third kappa shape index (κ3) is 3.67. The maximum absolute atomic E-state index is 5.45. The Labute approximate surface area is 121 Å². The van der Waals surface area contributed by atoms with Crippen LogP contribution < -0.4 is 10.1 Å². The Bertz CT molecular complexity index is 390. The van der Waals surface area contributed by atoms with Gasteiger partial charge in [0.2, 0.25) is 0 Å². The average molecular weight is 279 g/mol. The highest BCUT2D eigenvalue weighted by molar-refractivity contribution is 7.98. The minimum atomic E-state index is 0.665. The lowest BCUT2D eigenvalue weighted by Crippen LogP contribution is -2.46. The van der Waals surface area contributed by atoms with E-state index in [-0.39, 0.29) is 0 Å². The van der Waals surface area contributed by atoms with E-state index in [0.717, 1.165) is 5.75 Å². The number of thioether (sulfide) groups is 1. The number of para-hydroxylation sites is 1. The minimum Gasteiger partial charge on any atom is -0.496 e. The summed E-state index contributed by atoms with van der Waals surface area (Å²) in [5, 5.41) is 3.78. The van der Waals surface area contributed by atoms with Gasteiger partial charge in [0.15, 0.2) is 0 Å². The molecule has 2 nitrogen and oxygen atoms in total. The lowest BCUT2D eigenvalue weighted by molar-refractivity contribution is 0.263. The van der Waals surface area contributed by atoms with E-state index in [0.29, 0.717) is 18.0 Å². The van der Waals surface area contributed by atoms with Gasteiger partial charge in [-0.1, -0.05) is 25.1 Å². The van der Waals surface area contributed by atoms with E-state index in [1.807, 2.05) is 17.8 Å². The molecule has 0 aromatic heterocycles. The Morgan fingerprint density at radius 3 is 2.74 bits per heavy atom. The van der Waals surface area contributed by atoms with Gasteiger partial charge in [0.05, 0.1) is 7.11 Å². The van der Waals surface area contributed by atoms with Gasteiger partial charge in [-0.3, -0.25) is 0 Å². The summed E-state index contributed by atoms with van der Waals surface area (Å²) in [6, 6.07) is 9.78. The van der Waals surface area contributed by atoms with Gasteiger partial charge in [0.25, 0.3) is 0 Å². The Balaban J connectivity index is 1.85. The molecule has 1 unspecified atom stereocenters. The Morgan fingerprint density at radius 2 is 2.11 bits per heavy atom. The first-order chi connectivity index (χ1) is 9.28. The second kappa shape index (κ2) is 7.20. The zero-order chi connectivity index (χ0) is 13.7. The molecular weight excluding hydrogens is 254 g/mol. The zero-order valence-electron chi connectivity index (χ0n) is 12.2. The number of rotatable bonds is 7. The van der Waals surface area contributed by atoms with Crippen LogP contribution in [0.15, 0.2) is 24.3 Å². The van der Waals surface area contributed by atoms with E-state index in [4.69, 9.17) is 4.74 Å². The van der Waals surface area contributed by atoms with Crippen LogP contribution in [0.2, 0.25) is 0 Å². The van der Waals surface area contributed by atoms with Crippen LogP contribution in [0.4, 0.5) is 0 Å². The first-order valence-corrected chi connectivity index (χ1v) is 8.55. The molecule has 1 fully saturated rings. The lowest BCUT2D eigenvalue weighted by atomic mass is 9.75. The molecule has 106 valence electrons. The quantitative estimate of drug-likeness (QED) is 0.823. The van der Waals surface area contributed by atoms with Crippen molar-refractivity contribution in [3.05, 3.63) is 29.8 Å². The van der Waals surface area contributed by atoms with Crippen LogP contribution in [-0.4, -0.2) is 31.2 Å². The molecule has 2 rings (SSSR count). The average Bonchev–Trinajstić information content (AvgIpc) is 2.41. The number of nitrogens with one attached hydrogen (secondary N) is 1. The summed E-state index contributed by atoms with van der Waals surface area (Å²) in [6.45, 7) is 2.27. The largest absolute Gasteiger partial charge is 0.496 e. The highest BCUT2D eigenvalue weighted by atomic mass is 32.2. The van der Waals surface area contributed by atoms with Gasteiger partial charge < -0.3 is 10.1 Å². The minimum absolute atomic E-state index is 0.665. The number of hydrogen-bond donors (Lipinski definition) is 1. The van der Waals surface area contributed by atoms with Gasteiger partial charge in [-0.2, -0.15) is 11.8 Å². The van der Waals surface area contributed by atoms with E-state index in [9.17, 15) is 0 Å². The van der Waals surface area contributed by atoms with Crippen molar-refractivity contribution < 1.29 is 4.74 Å². The fourth-order valence-corrected chi connectivity index (χ4v) is 3.56. The van der Waals surface area contributed by atoms with Crippen molar-refractivity contribution in [2.75, 3.05) is 19.1 Å². The first-order valence-electron chi connectivity index (χ1n) is 7.16. The predicted octanol–water partition coefficient (Wildman–Crippen LogP) is 3.67. The molecule has 1 N–H and O–H groups in total. The summed E-state index contributed by atoms with van der Waals surface area (Å²) in [4.78, 5) is 0. The topological polar surface area (TPSA) is 21.3 Å². The van der Waals surface area contributed by atoms with Crippen LogP contribution in [0.1, 0.15) is 37.7 Å². The summed E-state index contributed by atoms with van der Waals surface area (Å²) in [5.74, 6) is 2.93. The Kier molecular flexibility index (Phi) is 5.59. The standard InChI is InChI=1S/C16H25NOS/c1-4-13(11-19-3)17-14-9-12(10-14)15-7-5-6-8-16(15)18-2/h5-8,12-14,17H,4,9-11H2,1-3H3. The summed E-state index contributed by atoms with van der Waals surface area (Å²) < 4.78 is 5.45. The highest BCUT2D eigenvalue weighted by Crippen LogP contribution is 2.41. The van der Waals surface area contributed by atoms with Crippen molar-refractivity contribution in [1.29, 1.82) is 0 Å². The van der Waals surface area contributed by atoms with Crippen LogP contribution in [0.3, 0.4) is 0 Å². The molecule has 0 saturated heterocycles. The molecule has 19 heavy (non-hydrogen) atoms. The third-order valence-corrected chi connectivity index (χ3v) is 4.78. The molecule has 1 aliphatic carbocycles. The number of hydrogen-bond acceptors (Lipinski definition) is 3. The molecule has 1 atom stereocenters. The van der Waals surface area contributed by atoms with Crippen molar-refractivity contribution >= 4 is 11.8 Å². The normalized spacial score (nSPS) is 23.7. The SMILES string of the molecule is CCC(CSC)NC1CC(c2ccccc2OC)C1. The van der Waals surface area contributed by atoms with Crippen molar-refractivity contribution in [2.24, 2.45) is 0 Å². The van der Waals surface area contributed by atoms with Gasteiger partial charge in [-0.15, -0.1) is 0 Å². The molecule has 1 aromatic rings. The first kappa shape index (κ1) is 14.7. The molecule has 0 radical (unpaired) electrons. The van der Waals surface area contributed by atoms with Crippen molar-refractivity contribution in [1.82, 2.24) is 5.32 Å². The van der Waals surface area contributed by atoms with Gasteiger partial charge in [-0.25, -0.2) is 0 Å². The van der Waals surface area contributed by atoms with E-state index in [1.54, 1.807) is 7.11 Å². The second-order valence-corrected chi connectivity index (χ2v) is 6.25.